The Morgan fingerprint density at radius 1 is 1.15 bits per heavy atom. The summed E-state index contributed by atoms with van der Waals surface area (Å²) in [5.74, 6) is 1.44. The Labute approximate surface area is 114 Å². The van der Waals surface area contributed by atoms with Crippen LogP contribution in [-0.2, 0) is 0 Å². The van der Waals surface area contributed by atoms with Gasteiger partial charge in [-0.3, -0.25) is 0 Å². The fourth-order valence-corrected chi connectivity index (χ4v) is 1.68. The van der Waals surface area contributed by atoms with Crippen molar-refractivity contribution < 1.29 is 4.74 Å². The van der Waals surface area contributed by atoms with Crippen molar-refractivity contribution in [2.45, 2.75) is 0 Å². The lowest BCUT2D eigenvalue weighted by Crippen LogP contribution is -2.10. The maximum atomic E-state index is 5.41. The van der Waals surface area contributed by atoms with Crippen LogP contribution in [0.2, 0.25) is 0 Å². The van der Waals surface area contributed by atoms with Crippen molar-refractivity contribution in [3.05, 3.63) is 36.4 Å². The maximum Gasteiger partial charge on any atom is 0.200 e. The molecule has 0 amide bonds. The van der Waals surface area contributed by atoms with E-state index in [2.05, 4.69) is 25.9 Å². The molecule has 0 unspecified atom stereocenters. The number of anilines is 2. The minimum absolute atomic E-state index is 0.496. The summed E-state index contributed by atoms with van der Waals surface area (Å²) in [6.07, 6.45) is 0. The quantitative estimate of drug-likeness (QED) is 0.700. The minimum atomic E-state index is 0.496. The second kappa shape index (κ2) is 5.49. The summed E-state index contributed by atoms with van der Waals surface area (Å²) in [5.41, 5.74) is 6.87. The molecule has 3 N–H and O–H groups in total. The Hall–Kier alpha value is -2.74. The summed E-state index contributed by atoms with van der Waals surface area (Å²) in [6, 6.07) is 11.1. The van der Waals surface area contributed by atoms with E-state index >= 15 is 0 Å². The Kier molecular flexibility index (Phi) is 3.38. The summed E-state index contributed by atoms with van der Waals surface area (Å²) in [6.45, 7) is 1.00. The molecule has 0 aliphatic rings. The number of ether oxygens (including phenoxy) is 1. The molecule has 0 saturated carbocycles. The van der Waals surface area contributed by atoms with Crippen LogP contribution < -0.4 is 15.8 Å². The van der Waals surface area contributed by atoms with E-state index < -0.39 is 0 Å². The predicted molar refractivity (Wildman–Crippen MR) is 72.9 cm³/mol. The number of nitrogens with one attached hydrogen (secondary N) is 1. The summed E-state index contributed by atoms with van der Waals surface area (Å²) in [4.78, 5) is 0. The first-order valence-corrected chi connectivity index (χ1v) is 6.10. The molecule has 0 radical (unpaired) electrons. The maximum absolute atomic E-state index is 5.41. The van der Waals surface area contributed by atoms with Gasteiger partial charge in [-0.1, -0.05) is 0 Å². The lowest BCUT2D eigenvalue weighted by molar-refractivity contribution is 0.328. The highest BCUT2D eigenvalue weighted by Crippen LogP contribution is 2.18. The van der Waals surface area contributed by atoms with Crippen LogP contribution in [0.4, 0.5) is 11.5 Å². The Morgan fingerprint density at radius 2 is 2.00 bits per heavy atom. The van der Waals surface area contributed by atoms with Gasteiger partial charge in [0.05, 0.1) is 0 Å². The van der Waals surface area contributed by atoms with Crippen molar-refractivity contribution in [3.63, 3.8) is 0 Å². The van der Waals surface area contributed by atoms with Gasteiger partial charge in [0.1, 0.15) is 12.4 Å². The molecule has 102 valence electrons. The Bertz CT molecular complexity index is 694. The van der Waals surface area contributed by atoms with E-state index in [9.17, 15) is 0 Å². The summed E-state index contributed by atoms with van der Waals surface area (Å²) in [7, 11) is 0. The molecule has 0 aliphatic carbocycles. The van der Waals surface area contributed by atoms with Gasteiger partial charge in [0.15, 0.2) is 11.5 Å². The van der Waals surface area contributed by atoms with Crippen LogP contribution >= 0.6 is 0 Å². The molecule has 0 fully saturated rings. The third-order valence-corrected chi connectivity index (χ3v) is 2.58. The highest BCUT2D eigenvalue weighted by molar-refractivity contribution is 5.57. The Morgan fingerprint density at radius 3 is 2.80 bits per heavy atom. The number of nitrogens with zero attached hydrogens (tertiary/aromatic N) is 5. The Balaban J connectivity index is 1.73. The van der Waals surface area contributed by atoms with Crippen molar-refractivity contribution in [2.24, 2.45) is 5.73 Å². The standard InChI is InChI=1S/C12H13N7O/c13-7-8-20-10-3-1-9(2-4-10)14-11-5-6-12-15-17-18-19(12)16-11/h1-6H,7-8,13H2,(H,14,16). The zero-order chi connectivity index (χ0) is 13.8. The fourth-order valence-electron chi connectivity index (χ4n) is 1.68. The van der Waals surface area contributed by atoms with Crippen LogP contribution in [0.5, 0.6) is 5.75 Å². The van der Waals surface area contributed by atoms with E-state index in [1.54, 1.807) is 6.07 Å². The van der Waals surface area contributed by atoms with E-state index in [4.69, 9.17) is 10.5 Å². The molecule has 2 aromatic heterocycles. The molecule has 3 aromatic rings. The highest BCUT2D eigenvalue weighted by atomic mass is 16.5. The van der Waals surface area contributed by atoms with E-state index in [0.717, 1.165) is 11.4 Å². The first kappa shape index (κ1) is 12.3. The minimum Gasteiger partial charge on any atom is -0.492 e. The van der Waals surface area contributed by atoms with Crippen LogP contribution in [0, 0.1) is 0 Å². The smallest absolute Gasteiger partial charge is 0.200 e. The van der Waals surface area contributed by atoms with Gasteiger partial charge < -0.3 is 15.8 Å². The molecule has 0 spiro atoms. The van der Waals surface area contributed by atoms with Gasteiger partial charge >= 0.3 is 0 Å². The van der Waals surface area contributed by atoms with Crippen LogP contribution in [0.1, 0.15) is 0 Å². The fraction of sp³-hybridized carbons (Fsp3) is 0.167. The molecule has 0 atom stereocenters. The number of hydrogen-bond donors (Lipinski definition) is 2. The number of benzene rings is 1. The third kappa shape index (κ3) is 2.64. The topological polar surface area (TPSA) is 103 Å². The molecule has 0 aliphatic heterocycles. The van der Waals surface area contributed by atoms with Crippen LogP contribution in [0.25, 0.3) is 5.65 Å². The first-order chi connectivity index (χ1) is 9.85. The first-order valence-electron chi connectivity index (χ1n) is 6.10. The van der Waals surface area contributed by atoms with Crippen molar-refractivity contribution in [3.8, 4) is 5.75 Å². The van der Waals surface area contributed by atoms with E-state index in [1.165, 1.54) is 4.63 Å². The monoisotopic (exact) mass is 271 g/mol. The van der Waals surface area contributed by atoms with Crippen molar-refractivity contribution in [1.29, 1.82) is 0 Å². The molecule has 8 heteroatoms. The van der Waals surface area contributed by atoms with Gasteiger partial charge in [-0.05, 0) is 46.8 Å². The number of nitrogens with two attached hydrogens (primary N) is 1. The van der Waals surface area contributed by atoms with Gasteiger partial charge in [-0.15, -0.1) is 14.8 Å². The molecule has 0 saturated heterocycles. The summed E-state index contributed by atoms with van der Waals surface area (Å²) >= 11 is 0. The molecule has 20 heavy (non-hydrogen) atoms. The lowest BCUT2D eigenvalue weighted by Gasteiger charge is -2.07. The summed E-state index contributed by atoms with van der Waals surface area (Å²) in [5, 5.41) is 18.5. The average molecular weight is 271 g/mol. The van der Waals surface area contributed by atoms with E-state index in [0.29, 0.717) is 24.6 Å². The van der Waals surface area contributed by atoms with E-state index in [-0.39, 0.29) is 0 Å². The number of tetrazole rings is 1. The average Bonchev–Trinajstić information content (AvgIpc) is 2.94. The van der Waals surface area contributed by atoms with Crippen LogP contribution in [-0.4, -0.2) is 38.4 Å². The van der Waals surface area contributed by atoms with Gasteiger partial charge in [0.25, 0.3) is 0 Å². The van der Waals surface area contributed by atoms with Crippen molar-refractivity contribution in [1.82, 2.24) is 25.3 Å². The SMILES string of the molecule is NCCOc1ccc(Nc2ccc3nnnn3n2)cc1. The van der Waals surface area contributed by atoms with Crippen molar-refractivity contribution >= 4 is 17.2 Å². The molecular formula is C12H13N7O. The number of fused-ring (bicyclic) bond motifs is 1. The molecule has 3 rings (SSSR count). The van der Waals surface area contributed by atoms with Gasteiger partial charge in [-0.25, -0.2) is 0 Å². The zero-order valence-electron chi connectivity index (χ0n) is 10.6. The van der Waals surface area contributed by atoms with E-state index in [1.807, 2.05) is 30.3 Å². The highest BCUT2D eigenvalue weighted by Gasteiger charge is 2.01. The molecule has 2 heterocycles. The largest absolute Gasteiger partial charge is 0.492 e. The van der Waals surface area contributed by atoms with Gasteiger partial charge in [0, 0.05) is 12.2 Å². The lowest BCUT2D eigenvalue weighted by atomic mass is 10.3. The van der Waals surface area contributed by atoms with Crippen LogP contribution in [0.15, 0.2) is 36.4 Å². The number of aromatic nitrogens is 5. The number of rotatable bonds is 5. The second-order valence-electron chi connectivity index (χ2n) is 4.03. The molecule has 1 aromatic carbocycles. The molecular weight excluding hydrogens is 258 g/mol. The van der Waals surface area contributed by atoms with Gasteiger partial charge in [0.2, 0.25) is 0 Å². The molecule has 0 bridgehead atoms. The second-order valence-corrected chi connectivity index (χ2v) is 4.03. The van der Waals surface area contributed by atoms with Crippen molar-refractivity contribution in [2.75, 3.05) is 18.5 Å². The normalized spacial score (nSPS) is 10.7. The van der Waals surface area contributed by atoms with Crippen LogP contribution in [0.3, 0.4) is 0 Å². The van der Waals surface area contributed by atoms with Gasteiger partial charge in [-0.2, -0.15) is 0 Å². The summed E-state index contributed by atoms with van der Waals surface area (Å²) < 4.78 is 6.77. The zero-order valence-corrected chi connectivity index (χ0v) is 10.6. The predicted octanol–water partition coefficient (Wildman–Crippen LogP) is 0.600. The molecule has 8 nitrogen and oxygen atoms in total. The third-order valence-electron chi connectivity index (χ3n) is 2.58. The number of hydrogen-bond acceptors (Lipinski definition) is 7.